The molecule has 0 saturated carbocycles. The zero-order valence-electron chi connectivity index (χ0n) is 12.0. The molecule has 2 aromatic rings. The number of benzene rings is 1. The quantitative estimate of drug-likeness (QED) is 0.840. The summed E-state index contributed by atoms with van der Waals surface area (Å²) in [4.78, 5) is 19.6. The van der Waals surface area contributed by atoms with Gasteiger partial charge in [0.05, 0.1) is 0 Å². The molecule has 0 aliphatic rings. The third-order valence-electron chi connectivity index (χ3n) is 2.61. The van der Waals surface area contributed by atoms with Gasteiger partial charge in [0.1, 0.15) is 11.4 Å². The summed E-state index contributed by atoms with van der Waals surface area (Å²) in [6.45, 7) is 7.32. The third-order valence-corrected chi connectivity index (χ3v) is 3.30. The van der Waals surface area contributed by atoms with Crippen LogP contribution in [0.5, 0.6) is 0 Å². The largest absolute Gasteiger partial charge is 0.455 e. The Morgan fingerprint density at radius 3 is 2.55 bits per heavy atom. The number of rotatable bonds is 2. The number of imidazole rings is 1. The van der Waals surface area contributed by atoms with Crippen LogP contribution < -0.4 is 0 Å². The maximum atomic E-state index is 12.1. The van der Waals surface area contributed by atoms with Crippen LogP contribution in [-0.2, 0) is 4.74 Å². The molecule has 2 rings (SSSR count). The number of H-pyrrole nitrogens is 1. The molecule has 1 heterocycles. The first-order valence-electron chi connectivity index (χ1n) is 6.33. The van der Waals surface area contributed by atoms with Gasteiger partial charge in [-0.25, -0.2) is 9.78 Å². The summed E-state index contributed by atoms with van der Waals surface area (Å²) in [5, 5.41) is 0. The minimum absolute atomic E-state index is 0.325. The molecule has 0 saturated heterocycles. The maximum Gasteiger partial charge on any atom is 0.359 e. The number of esters is 1. The lowest BCUT2D eigenvalue weighted by molar-refractivity contribution is 0.00627. The van der Waals surface area contributed by atoms with Crippen molar-refractivity contribution in [3.8, 4) is 11.4 Å². The second-order valence-electron chi connectivity index (χ2n) is 5.54. The summed E-state index contributed by atoms with van der Waals surface area (Å²) in [6.07, 6.45) is 0. The molecule has 0 aliphatic carbocycles. The van der Waals surface area contributed by atoms with E-state index >= 15 is 0 Å². The monoisotopic (exact) mass is 336 g/mol. The van der Waals surface area contributed by atoms with Crippen LogP contribution in [0.4, 0.5) is 0 Å². The lowest BCUT2D eigenvalue weighted by Gasteiger charge is -2.18. The van der Waals surface area contributed by atoms with Crippen LogP contribution in [-0.4, -0.2) is 21.5 Å². The average molecular weight is 337 g/mol. The molecular weight excluding hydrogens is 320 g/mol. The van der Waals surface area contributed by atoms with Crippen molar-refractivity contribution >= 4 is 21.9 Å². The molecule has 0 atom stereocenters. The first kappa shape index (κ1) is 14.8. The Labute approximate surface area is 126 Å². The molecule has 106 valence electrons. The summed E-state index contributed by atoms with van der Waals surface area (Å²) in [5.74, 6) is 0.236. The highest BCUT2D eigenvalue weighted by Gasteiger charge is 2.23. The van der Waals surface area contributed by atoms with E-state index < -0.39 is 11.6 Å². The van der Waals surface area contributed by atoms with Gasteiger partial charge < -0.3 is 9.72 Å². The molecule has 0 aliphatic heterocycles. The highest BCUT2D eigenvalue weighted by molar-refractivity contribution is 9.10. The van der Waals surface area contributed by atoms with Crippen molar-refractivity contribution in [3.63, 3.8) is 0 Å². The number of nitrogens with zero attached hydrogens (tertiary/aromatic N) is 1. The van der Waals surface area contributed by atoms with E-state index in [1.807, 2.05) is 52.0 Å². The molecule has 0 bridgehead atoms. The smallest absolute Gasteiger partial charge is 0.359 e. The van der Waals surface area contributed by atoms with Crippen LogP contribution in [0, 0.1) is 6.92 Å². The summed E-state index contributed by atoms with van der Waals surface area (Å²) in [5.41, 5.74) is 1.40. The van der Waals surface area contributed by atoms with Gasteiger partial charge >= 0.3 is 5.97 Å². The molecule has 0 unspecified atom stereocenters. The van der Waals surface area contributed by atoms with Gasteiger partial charge in [0.2, 0.25) is 0 Å². The van der Waals surface area contributed by atoms with Gasteiger partial charge in [0.15, 0.2) is 5.69 Å². The highest BCUT2D eigenvalue weighted by Crippen LogP contribution is 2.27. The Kier molecular flexibility index (Phi) is 3.99. The third kappa shape index (κ3) is 3.28. The second kappa shape index (κ2) is 5.40. The number of aryl methyl sites for hydroxylation is 1. The Bertz CT molecular complexity index is 642. The number of aromatic nitrogens is 2. The minimum Gasteiger partial charge on any atom is -0.455 e. The Morgan fingerprint density at radius 2 is 1.95 bits per heavy atom. The van der Waals surface area contributed by atoms with Gasteiger partial charge in [-0.1, -0.05) is 34.1 Å². The zero-order valence-corrected chi connectivity index (χ0v) is 13.5. The van der Waals surface area contributed by atoms with E-state index in [1.165, 1.54) is 0 Å². The first-order chi connectivity index (χ1) is 9.28. The first-order valence-corrected chi connectivity index (χ1v) is 7.12. The van der Waals surface area contributed by atoms with E-state index in [9.17, 15) is 4.79 Å². The molecule has 0 fully saturated rings. The Morgan fingerprint density at radius 1 is 1.30 bits per heavy atom. The molecular formula is C15H17BrN2O2. The minimum atomic E-state index is -0.532. The van der Waals surface area contributed by atoms with E-state index in [4.69, 9.17) is 4.74 Å². The Balaban J connectivity index is 2.36. The van der Waals surface area contributed by atoms with Gasteiger partial charge in [0.25, 0.3) is 0 Å². The van der Waals surface area contributed by atoms with Crippen molar-refractivity contribution in [1.82, 2.24) is 9.97 Å². The van der Waals surface area contributed by atoms with Crippen molar-refractivity contribution in [2.45, 2.75) is 33.3 Å². The van der Waals surface area contributed by atoms with Crippen molar-refractivity contribution in [1.29, 1.82) is 0 Å². The molecule has 1 N–H and O–H groups in total. The summed E-state index contributed by atoms with van der Waals surface area (Å²) in [6, 6.07) is 7.71. The average Bonchev–Trinajstić information content (AvgIpc) is 2.69. The predicted octanol–water partition coefficient (Wildman–Crippen LogP) is 4.10. The number of ether oxygens (including phenoxy) is 1. The van der Waals surface area contributed by atoms with Gasteiger partial charge in [0, 0.05) is 15.7 Å². The number of hydrogen-bond donors (Lipinski definition) is 1. The van der Waals surface area contributed by atoms with Gasteiger partial charge in [-0.3, -0.25) is 0 Å². The number of carbonyl (C=O) groups excluding carboxylic acids is 1. The lowest BCUT2D eigenvalue weighted by Crippen LogP contribution is -2.24. The lowest BCUT2D eigenvalue weighted by atomic mass is 10.2. The Hall–Kier alpha value is -1.62. The van der Waals surface area contributed by atoms with E-state index in [0.29, 0.717) is 17.2 Å². The van der Waals surface area contributed by atoms with E-state index in [-0.39, 0.29) is 0 Å². The molecule has 4 nitrogen and oxygen atoms in total. The maximum absolute atomic E-state index is 12.1. The SMILES string of the molecule is Cc1[nH]c(-c2ccccc2Br)nc1C(=O)OC(C)(C)C. The molecule has 0 spiro atoms. The second-order valence-corrected chi connectivity index (χ2v) is 6.40. The molecule has 1 aromatic heterocycles. The van der Waals surface area contributed by atoms with Crippen molar-refractivity contribution in [2.24, 2.45) is 0 Å². The summed E-state index contributed by atoms with van der Waals surface area (Å²) >= 11 is 3.48. The van der Waals surface area contributed by atoms with E-state index in [2.05, 4.69) is 25.9 Å². The number of hydrogen-bond acceptors (Lipinski definition) is 3. The molecule has 0 amide bonds. The van der Waals surface area contributed by atoms with Crippen LogP contribution >= 0.6 is 15.9 Å². The number of aromatic amines is 1. The fourth-order valence-electron chi connectivity index (χ4n) is 1.77. The molecule has 0 radical (unpaired) electrons. The number of halogens is 1. The standard InChI is InChI=1S/C15H17BrN2O2/c1-9-12(14(19)20-15(2,3)4)18-13(17-9)10-7-5-6-8-11(10)16/h5-8H,1-4H3,(H,17,18). The number of carbonyl (C=O) groups is 1. The molecule has 1 aromatic carbocycles. The molecule has 5 heteroatoms. The zero-order chi connectivity index (χ0) is 14.9. The highest BCUT2D eigenvalue weighted by atomic mass is 79.9. The fourth-order valence-corrected chi connectivity index (χ4v) is 2.24. The molecule has 20 heavy (non-hydrogen) atoms. The van der Waals surface area contributed by atoms with Crippen molar-refractivity contribution in [2.75, 3.05) is 0 Å². The van der Waals surface area contributed by atoms with Crippen LogP contribution in [0.1, 0.15) is 37.0 Å². The van der Waals surface area contributed by atoms with Crippen molar-refractivity contribution < 1.29 is 9.53 Å². The van der Waals surface area contributed by atoms with Crippen LogP contribution in [0.3, 0.4) is 0 Å². The van der Waals surface area contributed by atoms with Crippen LogP contribution in [0.2, 0.25) is 0 Å². The predicted molar refractivity (Wildman–Crippen MR) is 81.6 cm³/mol. The normalized spacial score (nSPS) is 11.4. The van der Waals surface area contributed by atoms with E-state index in [1.54, 1.807) is 0 Å². The number of nitrogens with one attached hydrogen (secondary N) is 1. The van der Waals surface area contributed by atoms with Gasteiger partial charge in [-0.05, 0) is 33.8 Å². The van der Waals surface area contributed by atoms with Crippen molar-refractivity contribution in [3.05, 3.63) is 40.1 Å². The van der Waals surface area contributed by atoms with E-state index in [0.717, 1.165) is 10.0 Å². The fraction of sp³-hybridized carbons (Fsp3) is 0.333. The van der Waals surface area contributed by atoms with Crippen LogP contribution in [0.15, 0.2) is 28.7 Å². The van der Waals surface area contributed by atoms with Gasteiger partial charge in [-0.2, -0.15) is 0 Å². The van der Waals surface area contributed by atoms with Crippen LogP contribution in [0.25, 0.3) is 11.4 Å². The van der Waals surface area contributed by atoms with Gasteiger partial charge in [-0.15, -0.1) is 0 Å². The topological polar surface area (TPSA) is 55.0 Å². The summed E-state index contributed by atoms with van der Waals surface area (Å²) in [7, 11) is 0. The summed E-state index contributed by atoms with van der Waals surface area (Å²) < 4.78 is 6.27.